The molecule has 3 aliphatic heterocycles. The fourth-order valence-corrected chi connectivity index (χ4v) is 8.85. The number of alkyl halides is 2. The van der Waals surface area contributed by atoms with E-state index in [1.807, 2.05) is 4.90 Å². The zero-order valence-corrected chi connectivity index (χ0v) is 27.3. The van der Waals surface area contributed by atoms with Gasteiger partial charge in [-0.05, 0) is 74.7 Å². The van der Waals surface area contributed by atoms with Gasteiger partial charge in [-0.25, -0.2) is 22.0 Å². The van der Waals surface area contributed by atoms with Gasteiger partial charge in [0.2, 0.25) is 0 Å². The van der Waals surface area contributed by atoms with E-state index in [0.717, 1.165) is 44.7 Å². The molecule has 12 heteroatoms. The van der Waals surface area contributed by atoms with Gasteiger partial charge in [-0.15, -0.1) is 6.42 Å². The van der Waals surface area contributed by atoms with Gasteiger partial charge in [0, 0.05) is 66.4 Å². The van der Waals surface area contributed by atoms with E-state index in [2.05, 4.69) is 21.1 Å². The third kappa shape index (κ3) is 5.15. The van der Waals surface area contributed by atoms with Crippen LogP contribution in [0.4, 0.5) is 27.8 Å². The minimum absolute atomic E-state index is 0.0486. The summed E-state index contributed by atoms with van der Waals surface area (Å²) in [6.07, 6.45) is 10.6. The number of nitrogens with one attached hydrogen (secondary N) is 1. The minimum atomic E-state index is -2.60. The predicted octanol–water partition coefficient (Wildman–Crippen LogP) is 6.78. The lowest BCUT2D eigenvalue weighted by molar-refractivity contribution is 0.0167. The molecule has 9 rings (SSSR count). The molecule has 0 radical (unpaired) electrons. The maximum atomic E-state index is 16.9. The number of benzene rings is 3. The SMILES string of the molecule is C#Cc1c(F)ccc2cc(O)cc(-c3c(F)cc4c(N5CC6CCC(C5)N6)nc(OCC5(CN6CCCC7(C6)CC7(F)F)CC5)nc4c3F)c12. The van der Waals surface area contributed by atoms with Crippen LogP contribution in [0.15, 0.2) is 30.3 Å². The quantitative estimate of drug-likeness (QED) is 0.164. The maximum Gasteiger partial charge on any atom is 0.319 e. The van der Waals surface area contributed by atoms with E-state index in [-0.39, 0.29) is 69.7 Å². The van der Waals surface area contributed by atoms with Crippen LogP contribution < -0.4 is 15.0 Å². The summed E-state index contributed by atoms with van der Waals surface area (Å²) in [5.41, 5.74) is -2.13. The molecule has 5 fully saturated rings. The first-order valence-electron chi connectivity index (χ1n) is 17.3. The van der Waals surface area contributed by atoms with Crippen molar-refractivity contribution >= 4 is 27.5 Å². The smallest absolute Gasteiger partial charge is 0.319 e. The van der Waals surface area contributed by atoms with Crippen molar-refractivity contribution in [2.45, 2.75) is 63.0 Å². The first kappa shape index (κ1) is 31.7. The minimum Gasteiger partial charge on any atom is -0.508 e. The Kier molecular flexibility index (Phi) is 7.08. The predicted molar refractivity (Wildman–Crippen MR) is 179 cm³/mol. The van der Waals surface area contributed by atoms with E-state index >= 15 is 8.78 Å². The summed E-state index contributed by atoms with van der Waals surface area (Å²) < 4.78 is 82.8. The van der Waals surface area contributed by atoms with E-state index < -0.39 is 34.4 Å². The Labute approximate surface area is 285 Å². The van der Waals surface area contributed by atoms with Crippen molar-refractivity contribution in [3.8, 4) is 35.2 Å². The van der Waals surface area contributed by atoms with Gasteiger partial charge in [-0.1, -0.05) is 12.0 Å². The van der Waals surface area contributed by atoms with Crippen LogP contribution >= 0.6 is 0 Å². The largest absolute Gasteiger partial charge is 0.508 e. The first-order chi connectivity index (χ1) is 24.0. The van der Waals surface area contributed by atoms with Crippen LogP contribution in [0.1, 0.15) is 50.5 Å². The monoisotopic (exact) mass is 689 g/mol. The summed E-state index contributed by atoms with van der Waals surface area (Å²) in [7, 11) is 0. The van der Waals surface area contributed by atoms with Gasteiger partial charge >= 0.3 is 6.01 Å². The average Bonchev–Trinajstić information content (AvgIpc) is 3.91. The fraction of sp³-hybridized carbons (Fsp3) is 0.474. The van der Waals surface area contributed by atoms with Gasteiger partial charge in [-0.2, -0.15) is 9.97 Å². The lowest BCUT2D eigenvalue weighted by Crippen LogP contribution is -2.51. The van der Waals surface area contributed by atoms with Crippen molar-refractivity contribution in [3.05, 3.63) is 53.3 Å². The Hall–Kier alpha value is -4.21. The van der Waals surface area contributed by atoms with Crippen LogP contribution in [0.25, 0.3) is 32.8 Å². The molecule has 260 valence electrons. The molecule has 3 aromatic carbocycles. The number of ether oxygens (including phenoxy) is 1. The highest BCUT2D eigenvalue weighted by atomic mass is 19.3. The van der Waals surface area contributed by atoms with Crippen LogP contribution in [-0.4, -0.2) is 77.3 Å². The molecule has 7 nitrogen and oxygen atoms in total. The highest BCUT2D eigenvalue weighted by molar-refractivity contribution is 6.04. The molecule has 1 spiro atoms. The lowest BCUT2D eigenvalue weighted by Gasteiger charge is -2.35. The van der Waals surface area contributed by atoms with Gasteiger partial charge in [0.25, 0.3) is 5.92 Å². The second kappa shape index (κ2) is 11.1. The summed E-state index contributed by atoms with van der Waals surface area (Å²) in [5.74, 6) is -2.92. The molecule has 4 heterocycles. The van der Waals surface area contributed by atoms with Gasteiger partial charge in [0.15, 0.2) is 5.82 Å². The summed E-state index contributed by atoms with van der Waals surface area (Å²) in [6, 6.07) is 6.59. The lowest BCUT2D eigenvalue weighted by atomic mass is 9.92. The molecule has 2 N–H and O–H groups in total. The molecule has 4 aromatic rings. The normalized spacial score (nSPS) is 26.4. The Bertz CT molecular complexity index is 2100. The van der Waals surface area contributed by atoms with Crippen LogP contribution in [0.3, 0.4) is 0 Å². The van der Waals surface area contributed by atoms with Crippen molar-refractivity contribution in [2.24, 2.45) is 10.8 Å². The molecular weight excluding hydrogens is 653 g/mol. The van der Waals surface area contributed by atoms with Crippen LogP contribution in [-0.2, 0) is 0 Å². The number of hydrogen-bond acceptors (Lipinski definition) is 7. The van der Waals surface area contributed by atoms with Gasteiger partial charge in [-0.3, -0.25) is 0 Å². The Morgan fingerprint density at radius 3 is 2.48 bits per heavy atom. The number of piperazine rings is 1. The Morgan fingerprint density at radius 1 is 1.02 bits per heavy atom. The second-order valence-corrected chi connectivity index (χ2v) is 15.2. The molecule has 5 aliphatic rings. The number of terminal acetylenes is 1. The zero-order chi connectivity index (χ0) is 34.6. The van der Waals surface area contributed by atoms with Gasteiger partial charge < -0.3 is 25.0 Å². The first-order valence-corrected chi connectivity index (χ1v) is 17.3. The summed E-state index contributed by atoms with van der Waals surface area (Å²) >= 11 is 0. The number of halogens is 5. The van der Waals surface area contributed by atoms with Crippen molar-refractivity contribution in [3.63, 3.8) is 0 Å². The summed E-state index contributed by atoms with van der Waals surface area (Å²) in [4.78, 5) is 13.4. The highest BCUT2D eigenvalue weighted by Crippen LogP contribution is 2.65. The topological polar surface area (TPSA) is 73.8 Å². The molecular formula is C38H36F5N5O2. The molecule has 50 heavy (non-hydrogen) atoms. The number of aromatic nitrogens is 2. The number of piperidine rings is 1. The third-order valence-electron chi connectivity index (χ3n) is 11.7. The molecule has 1 aromatic heterocycles. The maximum absolute atomic E-state index is 16.9. The molecule has 3 saturated heterocycles. The van der Waals surface area contributed by atoms with Crippen LogP contribution in [0.2, 0.25) is 0 Å². The number of nitrogens with zero attached hydrogens (tertiary/aromatic N) is 4. The summed E-state index contributed by atoms with van der Waals surface area (Å²) in [5, 5.41) is 14.7. The molecule has 3 atom stereocenters. The molecule has 2 bridgehead atoms. The average molecular weight is 690 g/mol. The van der Waals surface area contributed by atoms with E-state index in [4.69, 9.17) is 16.1 Å². The van der Waals surface area contributed by atoms with Crippen molar-refractivity contribution in [1.29, 1.82) is 0 Å². The molecule has 2 saturated carbocycles. The van der Waals surface area contributed by atoms with E-state index in [1.54, 1.807) is 0 Å². The number of rotatable bonds is 7. The standard InChI is InChI=1S/C38H36F5N5O2/c1-2-25-28(39)7-4-21-12-24(49)13-26(30(21)25)31-29(40)14-27-33(32(31)41)45-35(46-34(27)48-15-22-5-6-23(16-48)44-22)50-20-36(9-10-36)18-47-11-3-8-37(19-47)17-38(37,42)43/h1,4,7,12-14,22-23,44,49H,3,5-6,8-11,15-20H2. The van der Waals surface area contributed by atoms with Gasteiger partial charge in [0.05, 0.1) is 23.1 Å². The van der Waals surface area contributed by atoms with E-state index in [9.17, 15) is 18.3 Å². The van der Waals surface area contributed by atoms with Crippen LogP contribution in [0, 0.1) is 40.6 Å². The fourth-order valence-electron chi connectivity index (χ4n) is 8.85. The number of phenols is 1. The third-order valence-corrected chi connectivity index (χ3v) is 11.7. The molecule has 0 amide bonds. The summed E-state index contributed by atoms with van der Waals surface area (Å²) in [6.45, 7) is 3.14. The number of phenolic OH excluding ortho intramolecular Hbond substituents is 1. The molecule has 3 unspecified atom stereocenters. The number of anilines is 1. The van der Waals surface area contributed by atoms with Crippen molar-refractivity contribution < 1.29 is 31.8 Å². The van der Waals surface area contributed by atoms with Crippen LogP contribution in [0.5, 0.6) is 11.8 Å². The Balaban J connectivity index is 1.11. The van der Waals surface area contributed by atoms with Crippen molar-refractivity contribution in [2.75, 3.05) is 44.2 Å². The Morgan fingerprint density at radius 2 is 1.78 bits per heavy atom. The van der Waals surface area contributed by atoms with E-state index in [0.29, 0.717) is 43.8 Å². The second-order valence-electron chi connectivity index (χ2n) is 15.2. The number of aromatic hydroxyl groups is 1. The highest BCUT2D eigenvalue weighted by Gasteiger charge is 2.71. The number of hydrogen-bond donors (Lipinski definition) is 2. The zero-order valence-electron chi connectivity index (χ0n) is 27.3. The number of likely N-dealkylation sites (tertiary alicyclic amines) is 1. The number of fused-ring (bicyclic) bond motifs is 4. The molecule has 2 aliphatic carbocycles. The van der Waals surface area contributed by atoms with E-state index in [1.165, 1.54) is 24.3 Å². The van der Waals surface area contributed by atoms with Gasteiger partial charge in [0.1, 0.15) is 28.7 Å². The van der Waals surface area contributed by atoms with Crippen molar-refractivity contribution in [1.82, 2.24) is 20.2 Å².